The third-order valence-electron chi connectivity index (χ3n) is 1.16. The molecule has 46 valence electrons. The minimum Gasteiger partial charge on any atom is -0.398 e. The second kappa shape index (κ2) is 2.60. The summed E-state index contributed by atoms with van der Waals surface area (Å²) in [5.41, 5.74) is 7.70. The minimum absolute atomic E-state index is 0.862. The van der Waals surface area contributed by atoms with Crippen molar-refractivity contribution in [2.75, 3.05) is 5.73 Å². The van der Waals surface area contributed by atoms with Crippen molar-refractivity contribution >= 4 is 41.6 Å². The van der Waals surface area contributed by atoms with Crippen LogP contribution in [0.25, 0.3) is 0 Å². The summed E-state index contributed by atoms with van der Waals surface area (Å²) in [5, 5.41) is 0. The van der Waals surface area contributed by atoms with E-state index in [4.69, 9.17) is 5.73 Å². The van der Waals surface area contributed by atoms with E-state index < -0.39 is 0 Å². The Labute approximate surface area is 69.2 Å². The molecule has 0 amide bonds. The number of nitrogen functional groups attached to an aromatic ring is 1. The molecule has 0 spiro atoms. The molecule has 0 aliphatic rings. The first-order valence-electron chi connectivity index (χ1n) is 2.72. The van der Waals surface area contributed by atoms with Gasteiger partial charge in [-0.05, 0) is 28.7 Å². The zero-order valence-corrected chi connectivity index (χ0v) is 7.34. The lowest BCUT2D eigenvalue weighted by Gasteiger charge is -1.96. The van der Waals surface area contributed by atoms with Gasteiger partial charge in [0.1, 0.15) is 7.85 Å². The molecule has 0 fully saturated rings. The smallest absolute Gasteiger partial charge is 0.139 e. The van der Waals surface area contributed by atoms with Gasteiger partial charge in [-0.1, -0.05) is 17.6 Å². The van der Waals surface area contributed by atoms with Gasteiger partial charge < -0.3 is 5.73 Å². The third kappa shape index (κ3) is 1.61. The Morgan fingerprint density at radius 2 is 2.11 bits per heavy atom. The van der Waals surface area contributed by atoms with Crippen LogP contribution in [0, 0.1) is 3.57 Å². The van der Waals surface area contributed by atoms with Crippen molar-refractivity contribution in [2.45, 2.75) is 0 Å². The summed E-state index contributed by atoms with van der Waals surface area (Å²) in [6.45, 7) is 0. The zero-order valence-electron chi connectivity index (χ0n) is 5.19. The Hall–Kier alpha value is -0.185. The maximum atomic E-state index is 5.58. The van der Waals surface area contributed by atoms with Crippen LogP contribution in [0.1, 0.15) is 0 Å². The van der Waals surface area contributed by atoms with Gasteiger partial charge in [0, 0.05) is 9.26 Å². The highest BCUT2D eigenvalue weighted by Crippen LogP contribution is 2.10. The number of nitrogens with two attached hydrogens (primary N) is 1. The summed E-state index contributed by atoms with van der Waals surface area (Å²) in [6, 6.07) is 6.00. The first-order chi connectivity index (χ1) is 4.20. The lowest BCUT2D eigenvalue weighted by Crippen LogP contribution is -2.03. The van der Waals surface area contributed by atoms with Gasteiger partial charge in [-0.2, -0.15) is 0 Å². The summed E-state index contributed by atoms with van der Waals surface area (Å²) in [4.78, 5) is 0. The molecular weight excluding hydrogens is 224 g/mol. The van der Waals surface area contributed by atoms with E-state index in [1.165, 1.54) is 5.46 Å². The molecule has 0 radical (unpaired) electrons. The summed E-state index contributed by atoms with van der Waals surface area (Å²) in [5.74, 6) is 0. The van der Waals surface area contributed by atoms with E-state index in [1.54, 1.807) is 0 Å². The molecule has 0 aromatic heterocycles. The molecule has 1 nitrogen and oxygen atoms in total. The maximum absolute atomic E-state index is 5.58. The fraction of sp³-hybridized carbons (Fsp3) is 0. The molecule has 1 aromatic carbocycles. The van der Waals surface area contributed by atoms with Crippen LogP contribution in [0.15, 0.2) is 18.2 Å². The molecule has 9 heavy (non-hydrogen) atoms. The van der Waals surface area contributed by atoms with Crippen molar-refractivity contribution in [2.24, 2.45) is 0 Å². The Balaban J connectivity index is 3.17. The zero-order chi connectivity index (χ0) is 6.85. The van der Waals surface area contributed by atoms with Crippen molar-refractivity contribution in [1.82, 2.24) is 0 Å². The highest BCUT2D eigenvalue weighted by Gasteiger charge is 1.91. The van der Waals surface area contributed by atoms with E-state index in [0.717, 1.165) is 9.26 Å². The first-order valence-corrected chi connectivity index (χ1v) is 3.79. The van der Waals surface area contributed by atoms with E-state index >= 15 is 0 Å². The molecule has 0 aliphatic heterocycles. The Kier molecular flexibility index (Phi) is 2.00. The quantitative estimate of drug-likeness (QED) is 0.383. The molecule has 0 saturated carbocycles. The molecule has 1 aromatic rings. The summed E-state index contributed by atoms with van der Waals surface area (Å²) in [6.07, 6.45) is 0. The van der Waals surface area contributed by atoms with E-state index in [-0.39, 0.29) is 0 Å². The van der Waals surface area contributed by atoms with Crippen LogP contribution in [0.2, 0.25) is 0 Å². The van der Waals surface area contributed by atoms with Crippen molar-refractivity contribution in [3.05, 3.63) is 21.8 Å². The monoisotopic (exact) mass is 231 g/mol. The van der Waals surface area contributed by atoms with E-state index in [0.29, 0.717) is 0 Å². The molecule has 2 N–H and O–H groups in total. The number of anilines is 1. The average molecular weight is 231 g/mol. The Morgan fingerprint density at radius 1 is 1.44 bits per heavy atom. The molecule has 3 heteroatoms. The van der Waals surface area contributed by atoms with Crippen molar-refractivity contribution in [3.63, 3.8) is 0 Å². The predicted molar refractivity (Wildman–Crippen MR) is 51.7 cm³/mol. The van der Waals surface area contributed by atoms with Crippen LogP contribution < -0.4 is 11.2 Å². The maximum Gasteiger partial charge on any atom is 0.139 e. The fourth-order valence-electron chi connectivity index (χ4n) is 0.632. The molecule has 1 rings (SSSR count). The van der Waals surface area contributed by atoms with Crippen LogP contribution in [0.5, 0.6) is 0 Å². The van der Waals surface area contributed by atoms with Crippen LogP contribution in [0.3, 0.4) is 0 Å². The number of halogens is 1. The Bertz CT molecular complexity index is 224. The second-order valence-corrected chi connectivity index (χ2v) is 3.19. The molecule has 0 aliphatic carbocycles. The molecule has 0 atom stereocenters. The van der Waals surface area contributed by atoms with Gasteiger partial charge in [-0.3, -0.25) is 0 Å². The number of rotatable bonds is 0. The third-order valence-corrected chi connectivity index (χ3v) is 2.09. The Morgan fingerprint density at radius 3 is 2.56 bits per heavy atom. The first kappa shape index (κ1) is 6.93. The van der Waals surface area contributed by atoms with E-state index in [9.17, 15) is 0 Å². The standard InChI is InChI=1S/C6H7BIN/c7-4-1-2-6(9)5(8)3-4/h1-3H,7,9H2. The average Bonchev–Trinajstić information content (AvgIpc) is 1.80. The topological polar surface area (TPSA) is 26.0 Å². The predicted octanol–water partition coefficient (Wildman–Crippen LogP) is 0.132. The van der Waals surface area contributed by atoms with Gasteiger partial charge in [0.15, 0.2) is 0 Å². The molecule has 0 heterocycles. The number of hydrogen-bond acceptors (Lipinski definition) is 1. The van der Waals surface area contributed by atoms with Crippen molar-refractivity contribution in [1.29, 1.82) is 0 Å². The molecule has 0 unspecified atom stereocenters. The van der Waals surface area contributed by atoms with Crippen LogP contribution in [-0.2, 0) is 0 Å². The summed E-state index contributed by atoms with van der Waals surface area (Å²) >= 11 is 2.22. The van der Waals surface area contributed by atoms with Gasteiger partial charge in [-0.15, -0.1) is 0 Å². The van der Waals surface area contributed by atoms with E-state index in [1.807, 2.05) is 12.1 Å². The van der Waals surface area contributed by atoms with Crippen LogP contribution in [-0.4, -0.2) is 7.85 Å². The highest BCUT2D eigenvalue weighted by molar-refractivity contribution is 14.1. The van der Waals surface area contributed by atoms with Crippen molar-refractivity contribution in [3.8, 4) is 0 Å². The highest BCUT2D eigenvalue weighted by atomic mass is 127. The van der Waals surface area contributed by atoms with Gasteiger partial charge in [0.25, 0.3) is 0 Å². The lowest BCUT2D eigenvalue weighted by molar-refractivity contribution is 1.67. The van der Waals surface area contributed by atoms with Crippen LogP contribution in [0.4, 0.5) is 5.69 Å². The SMILES string of the molecule is Bc1ccc(N)c(I)c1. The fourth-order valence-corrected chi connectivity index (χ4v) is 1.30. The normalized spacial score (nSPS) is 9.44. The summed E-state index contributed by atoms with van der Waals surface area (Å²) < 4.78 is 1.13. The number of hydrogen-bond donors (Lipinski definition) is 1. The van der Waals surface area contributed by atoms with Crippen molar-refractivity contribution < 1.29 is 0 Å². The van der Waals surface area contributed by atoms with Gasteiger partial charge >= 0.3 is 0 Å². The van der Waals surface area contributed by atoms with Crippen LogP contribution >= 0.6 is 22.6 Å². The number of benzene rings is 1. The molecular formula is C6H7BIN. The van der Waals surface area contributed by atoms with Gasteiger partial charge in [0.05, 0.1) is 0 Å². The minimum atomic E-state index is 0.862. The second-order valence-electron chi connectivity index (χ2n) is 2.02. The lowest BCUT2D eigenvalue weighted by atomic mass is 9.96. The molecule has 0 saturated heterocycles. The molecule has 0 bridgehead atoms. The van der Waals surface area contributed by atoms with Gasteiger partial charge in [0.2, 0.25) is 0 Å². The van der Waals surface area contributed by atoms with E-state index in [2.05, 4.69) is 36.5 Å². The summed E-state index contributed by atoms with van der Waals surface area (Å²) in [7, 11) is 2.06. The largest absolute Gasteiger partial charge is 0.398 e. The van der Waals surface area contributed by atoms with Gasteiger partial charge in [-0.25, -0.2) is 0 Å².